The maximum Gasteiger partial charge on any atom is 0.417 e. The number of aromatic nitrogens is 2. The van der Waals surface area contributed by atoms with E-state index in [0.717, 1.165) is 12.3 Å². The Balaban J connectivity index is 1.78. The average molecular weight is 528 g/mol. The van der Waals surface area contributed by atoms with Crippen LogP contribution in [0.25, 0.3) is 11.1 Å². The number of carbonyl (C=O) groups excluding carboxylic acids is 1. The lowest BCUT2D eigenvalue weighted by Gasteiger charge is -2.44. The molecular weight excluding hydrogens is 502 g/mol. The minimum absolute atomic E-state index is 0.0134. The van der Waals surface area contributed by atoms with E-state index < -0.39 is 29.0 Å². The molecule has 2 atom stereocenters. The lowest BCUT2D eigenvalue weighted by atomic mass is 10.0. The second-order valence-electron chi connectivity index (χ2n) is 9.26. The first-order valence-electron chi connectivity index (χ1n) is 11.7. The van der Waals surface area contributed by atoms with Crippen LogP contribution < -0.4 is 15.5 Å². The van der Waals surface area contributed by atoms with Gasteiger partial charge < -0.3 is 15.5 Å². The molecule has 1 aromatic carbocycles. The number of hydrogen-bond acceptors (Lipinski definition) is 7. The van der Waals surface area contributed by atoms with Gasteiger partial charge in [0.05, 0.1) is 22.5 Å². The van der Waals surface area contributed by atoms with Crippen LogP contribution in [0.5, 0.6) is 0 Å². The molecule has 1 fully saturated rings. The topological polar surface area (TPSA) is 97.2 Å². The number of benzene rings is 1. The van der Waals surface area contributed by atoms with E-state index in [1.165, 1.54) is 24.5 Å². The van der Waals surface area contributed by atoms with Gasteiger partial charge in [-0.05, 0) is 39.1 Å². The quantitative estimate of drug-likeness (QED) is 0.578. The Morgan fingerprint density at radius 3 is 2.42 bits per heavy atom. The highest BCUT2D eigenvalue weighted by Crippen LogP contribution is 2.38. The van der Waals surface area contributed by atoms with Gasteiger partial charge in [-0.25, -0.2) is 14.4 Å². The van der Waals surface area contributed by atoms with Gasteiger partial charge in [-0.15, -0.1) is 0 Å². The molecular formula is C26H25F4N7O. The average Bonchev–Trinajstić information content (AvgIpc) is 2.87. The van der Waals surface area contributed by atoms with E-state index in [-0.39, 0.29) is 40.4 Å². The summed E-state index contributed by atoms with van der Waals surface area (Å²) in [6.45, 7) is 8.48. The molecule has 1 aromatic heterocycles. The molecule has 0 radical (unpaired) electrons. The first kappa shape index (κ1) is 26.8. The van der Waals surface area contributed by atoms with E-state index >= 15 is 4.39 Å². The van der Waals surface area contributed by atoms with Crippen LogP contribution in [0.15, 0.2) is 60.2 Å². The molecule has 0 bridgehead atoms. The fourth-order valence-electron chi connectivity index (χ4n) is 4.42. The van der Waals surface area contributed by atoms with Crippen LogP contribution in [0.2, 0.25) is 0 Å². The molecule has 2 aromatic rings. The zero-order valence-electron chi connectivity index (χ0n) is 20.9. The van der Waals surface area contributed by atoms with Crippen molar-refractivity contribution in [3.05, 3.63) is 71.9 Å². The number of nitrogens with zero attached hydrogens (tertiary/aromatic N) is 5. The maximum absolute atomic E-state index is 15.4. The van der Waals surface area contributed by atoms with Crippen LogP contribution in [0.4, 0.5) is 28.9 Å². The van der Waals surface area contributed by atoms with Crippen LogP contribution >= 0.6 is 0 Å². The van der Waals surface area contributed by atoms with Gasteiger partial charge in [-0.2, -0.15) is 18.4 Å². The molecule has 0 saturated carbocycles. The molecule has 0 spiro atoms. The number of allylic oxidation sites excluding steroid dienone is 1. The van der Waals surface area contributed by atoms with Gasteiger partial charge in [0, 0.05) is 60.6 Å². The highest BCUT2D eigenvalue weighted by molar-refractivity contribution is 6.09. The number of nitriles is 1. The van der Waals surface area contributed by atoms with Crippen LogP contribution in [0, 0.1) is 17.1 Å². The number of halogens is 4. The Bertz CT molecular complexity index is 1360. The fourth-order valence-corrected chi connectivity index (χ4v) is 4.42. The molecule has 3 heterocycles. The summed E-state index contributed by atoms with van der Waals surface area (Å²) in [6, 6.07) is 4.54. The van der Waals surface area contributed by atoms with Crippen molar-refractivity contribution in [2.75, 3.05) is 30.4 Å². The summed E-state index contributed by atoms with van der Waals surface area (Å²) in [7, 11) is 1.98. The standard InChI is InChI=1S/C26H25F4N7O/c1-14-5-20(26(28,29)30)19(11-32-14)25(38)35-22-6-18(17-9-33-24(8-31)34-10-17)21(27)7-23(22)37-12-15(2)36(4)16(3)13-37/h5-7,9-11,15-16,32H,1,12-13H2,2-4H3,(H,35,38)/t15-,16+. The Kier molecular flexibility index (Phi) is 7.24. The van der Waals surface area contributed by atoms with Crippen LogP contribution in [-0.4, -0.2) is 59.2 Å². The van der Waals surface area contributed by atoms with E-state index in [4.69, 9.17) is 5.26 Å². The maximum atomic E-state index is 15.4. The Morgan fingerprint density at radius 1 is 1.21 bits per heavy atom. The third-order valence-corrected chi connectivity index (χ3v) is 6.66. The fraction of sp³-hybridized carbons (Fsp3) is 0.308. The highest BCUT2D eigenvalue weighted by atomic mass is 19.4. The zero-order chi connectivity index (χ0) is 27.8. The summed E-state index contributed by atoms with van der Waals surface area (Å²) in [4.78, 5) is 25.0. The Labute approximate surface area is 217 Å². The van der Waals surface area contributed by atoms with Crippen molar-refractivity contribution >= 4 is 17.3 Å². The SMILES string of the molecule is C=C1C=C(C(F)(F)F)C(C(=O)Nc2cc(-c3cnc(C#N)nc3)c(F)cc2N2C[C@@H](C)N(C)[C@@H](C)C2)=CN1. The predicted molar refractivity (Wildman–Crippen MR) is 134 cm³/mol. The van der Waals surface area contributed by atoms with Crippen molar-refractivity contribution in [3.63, 3.8) is 0 Å². The predicted octanol–water partition coefficient (Wildman–Crippen LogP) is 4.11. The number of alkyl halides is 3. The summed E-state index contributed by atoms with van der Waals surface area (Å²) < 4.78 is 56.5. The molecule has 4 rings (SSSR count). The summed E-state index contributed by atoms with van der Waals surface area (Å²) in [5, 5.41) is 14.1. The van der Waals surface area contributed by atoms with Crippen molar-refractivity contribution in [1.29, 1.82) is 5.26 Å². The first-order chi connectivity index (χ1) is 17.9. The van der Waals surface area contributed by atoms with E-state index in [1.807, 2.05) is 25.8 Å². The summed E-state index contributed by atoms with van der Waals surface area (Å²) in [5.74, 6) is -1.78. The molecule has 1 saturated heterocycles. The third-order valence-electron chi connectivity index (χ3n) is 6.66. The number of likely N-dealkylation sites (N-methyl/N-ethyl adjacent to an activating group) is 1. The van der Waals surface area contributed by atoms with E-state index in [2.05, 4.69) is 32.1 Å². The van der Waals surface area contributed by atoms with E-state index in [9.17, 15) is 18.0 Å². The molecule has 2 N–H and O–H groups in total. The number of dihydropyridines is 1. The molecule has 2 aliphatic heterocycles. The number of hydrogen-bond donors (Lipinski definition) is 2. The van der Waals surface area contributed by atoms with Gasteiger partial charge in [0.2, 0.25) is 5.82 Å². The van der Waals surface area contributed by atoms with Gasteiger partial charge in [-0.1, -0.05) is 6.58 Å². The minimum Gasteiger partial charge on any atom is -0.367 e. The van der Waals surface area contributed by atoms with Crippen molar-refractivity contribution < 1.29 is 22.4 Å². The Hall–Kier alpha value is -4.24. The first-order valence-corrected chi connectivity index (χ1v) is 11.7. The molecule has 198 valence electrons. The Morgan fingerprint density at radius 2 is 1.84 bits per heavy atom. The van der Waals surface area contributed by atoms with Crippen molar-refractivity contribution in [2.24, 2.45) is 0 Å². The van der Waals surface area contributed by atoms with Gasteiger partial charge in [0.25, 0.3) is 5.91 Å². The normalized spacial score (nSPS) is 20.3. The second-order valence-corrected chi connectivity index (χ2v) is 9.26. The molecule has 0 unspecified atom stereocenters. The lowest BCUT2D eigenvalue weighted by molar-refractivity contribution is -0.115. The molecule has 8 nitrogen and oxygen atoms in total. The number of rotatable bonds is 4. The van der Waals surface area contributed by atoms with Gasteiger partial charge in [0.1, 0.15) is 11.9 Å². The summed E-state index contributed by atoms with van der Waals surface area (Å²) >= 11 is 0. The number of anilines is 2. The smallest absolute Gasteiger partial charge is 0.367 e. The van der Waals surface area contributed by atoms with Crippen LogP contribution in [0.1, 0.15) is 19.7 Å². The lowest BCUT2D eigenvalue weighted by Crippen LogP contribution is -2.55. The highest BCUT2D eigenvalue weighted by Gasteiger charge is 2.40. The summed E-state index contributed by atoms with van der Waals surface area (Å²) in [5.41, 5.74) is -1.11. The zero-order valence-corrected chi connectivity index (χ0v) is 20.9. The molecule has 1 amide bonds. The molecule has 38 heavy (non-hydrogen) atoms. The largest absolute Gasteiger partial charge is 0.417 e. The molecule has 0 aliphatic carbocycles. The van der Waals surface area contributed by atoms with E-state index in [1.54, 1.807) is 6.07 Å². The van der Waals surface area contributed by atoms with Gasteiger partial charge in [-0.3, -0.25) is 9.69 Å². The second kappa shape index (κ2) is 10.3. The van der Waals surface area contributed by atoms with Crippen molar-refractivity contribution in [1.82, 2.24) is 20.2 Å². The van der Waals surface area contributed by atoms with Crippen molar-refractivity contribution in [3.8, 4) is 17.2 Å². The van der Waals surface area contributed by atoms with Crippen LogP contribution in [-0.2, 0) is 4.79 Å². The number of carbonyl (C=O) groups is 1. The summed E-state index contributed by atoms with van der Waals surface area (Å²) in [6.07, 6.45) is -0.575. The molecule has 2 aliphatic rings. The van der Waals surface area contributed by atoms with Gasteiger partial charge in [0.15, 0.2) is 0 Å². The van der Waals surface area contributed by atoms with E-state index in [0.29, 0.717) is 18.8 Å². The monoisotopic (exact) mass is 527 g/mol. The van der Waals surface area contributed by atoms with Gasteiger partial charge >= 0.3 is 6.18 Å². The third kappa shape index (κ3) is 5.38. The van der Waals surface area contributed by atoms with Crippen molar-refractivity contribution in [2.45, 2.75) is 32.1 Å². The number of piperazine rings is 1. The van der Waals surface area contributed by atoms with Crippen LogP contribution in [0.3, 0.4) is 0 Å². The number of nitrogens with one attached hydrogen (secondary N) is 2. The minimum atomic E-state index is -4.80. The molecule has 12 heteroatoms. The number of amides is 1.